The number of nitrogens with one attached hydrogen (secondary N) is 1. The minimum atomic E-state index is -3.77. The number of ether oxygens (including phenoxy) is 1. The third kappa shape index (κ3) is 5.53. The van der Waals surface area contributed by atoms with Crippen LogP contribution in [0.25, 0.3) is 0 Å². The second-order valence-corrected chi connectivity index (χ2v) is 5.65. The molecule has 1 aromatic carbocycles. The largest absolute Gasteiger partial charge is 0.444 e. The molecule has 7 heteroatoms. The van der Waals surface area contributed by atoms with Crippen molar-refractivity contribution in [1.29, 1.82) is 0 Å². The van der Waals surface area contributed by atoms with Crippen molar-refractivity contribution in [2.75, 3.05) is 12.3 Å². The summed E-state index contributed by atoms with van der Waals surface area (Å²) in [6, 6.07) is 5.19. The zero-order valence-electron chi connectivity index (χ0n) is 12.1. The molecule has 3 N–H and O–H groups in total. The molecule has 21 heavy (non-hydrogen) atoms. The monoisotopic (exact) mass is 304 g/mol. The molecule has 0 heterocycles. The summed E-state index contributed by atoms with van der Waals surface area (Å²) in [4.78, 5) is 11.3. The first kappa shape index (κ1) is 17.1. The predicted octanol–water partition coefficient (Wildman–Crippen LogP) is 3.44. The van der Waals surface area contributed by atoms with Gasteiger partial charge in [-0.2, -0.15) is 0 Å². The molecule has 1 amide bonds. The van der Waals surface area contributed by atoms with Gasteiger partial charge in [0.05, 0.1) is 6.54 Å². The van der Waals surface area contributed by atoms with Gasteiger partial charge in [0, 0.05) is 5.69 Å². The normalized spacial score (nSPS) is 13.6. The Morgan fingerprint density at radius 2 is 2.00 bits per heavy atom. The predicted molar refractivity (Wildman–Crippen MR) is 73.9 cm³/mol. The maximum absolute atomic E-state index is 13.9. The molecular formula is C14H19F3N2O2. The van der Waals surface area contributed by atoms with Crippen molar-refractivity contribution in [2.45, 2.75) is 38.5 Å². The second kappa shape index (κ2) is 6.24. The molecule has 0 aliphatic rings. The number of benzene rings is 1. The number of anilines is 1. The molecule has 0 fully saturated rings. The first-order valence-electron chi connectivity index (χ1n) is 6.35. The number of nitrogens with two attached hydrogens (primary N) is 1. The fourth-order valence-corrected chi connectivity index (χ4v) is 1.55. The minimum Gasteiger partial charge on any atom is -0.444 e. The number of amides is 1. The first-order chi connectivity index (χ1) is 9.51. The quantitative estimate of drug-likeness (QED) is 0.838. The van der Waals surface area contributed by atoms with E-state index in [1.807, 2.05) is 5.32 Å². The van der Waals surface area contributed by atoms with Crippen LogP contribution in [0.4, 0.5) is 23.7 Å². The molecule has 0 aliphatic heterocycles. The fourth-order valence-electron chi connectivity index (χ4n) is 1.55. The van der Waals surface area contributed by atoms with Gasteiger partial charge in [-0.05, 0) is 38.5 Å². The Balaban J connectivity index is 2.66. The van der Waals surface area contributed by atoms with Crippen LogP contribution < -0.4 is 11.1 Å². The Bertz CT molecular complexity index is 501. The van der Waals surface area contributed by atoms with Crippen molar-refractivity contribution in [3.8, 4) is 0 Å². The van der Waals surface area contributed by atoms with Crippen LogP contribution in [0, 0.1) is 0 Å². The van der Waals surface area contributed by atoms with Crippen molar-refractivity contribution in [1.82, 2.24) is 5.32 Å². The number of alkyl halides is 3. The number of carbonyl (C=O) groups excluding carboxylic acids is 1. The first-order valence-corrected chi connectivity index (χ1v) is 6.35. The summed E-state index contributed by atoms with van der Waals surface area (Å²) in [5, 5.41) is 1.86. The highest BCUT2D eigenvalue weighted by Crippen LogP contribution is 2.35. The Kier molecular flexibility index (Phi) is 5.09. The number of hydrogen-bond acceptors (Lipinski definition) is 3. The van der Waals surface area contributed by atoms with Gasteiger partial charge in [0.1, 0.15) is 5.60 Å². The lowest BCUT2D eigenvalue weighted by atomic mass is 10.0. The van der Waals surface area contributed by atoms with Crippen LogP contribution in [0.5, 0.6) is 0 Å². The molecule has 1 atom stereocenters. The average molecular weight is 304 g/mol. The molecule has 0 saturated heterocycles. The number of rotatable bonds is 4. The van der Waals surface area contributed by atoms with E-state index < -0.39 is 30.3 Å². The maximum Gasteiger partial charge on any atom is 0.407 e. The van der Waals surface area contributed by atoms with Crippen molar-refractivity contribution < 1.29 is 22.7 Å². The number of hydrogen-bond donors (Lipinski definition) is 2. The summed E-state index contributed by atoms with van der Waals surface area (Å²) >= 11 is 0. The zero-order chi connectivity index (χ0) is 16.3. The van der Waals surface area contributed by atoms with E-state index in [2.05, 4.69) is 0 Å². The highest BCUT2D eigenvalue weighted by atomic mass is 19.3. The highest BCUT2D eigenvalue weighted by molar-refractivity contribution is 5.67. The Labute approximate surface area is 121 Å². The van der Waals surface area contributed by atoms with Gasteiger partial charge in [-0.25, -0.2) is 18.0 Å². The van der Waals surface area contributed by atoms with Gasteiger partial charge < -0.3 is 15.8 Å². The summed E-state index contributed by atoms with van der Waals surface area (Å²) in [6.45, 7) is 3.61. The van der Waals surface area contributed by atoms with Gasteiger partial charge >= 0.3 is 6.09 Å². The summed E-state index contributed by atoms with van der Waals surface area (Å²) in [5.41, 5.74) is 4.55. The van der Waals surface area contributed by atoms with Crippen molar-refractivity contribution in [3.63, 3.8) is 0 Å². The van der Waals surface area contributed by atoms with E-state index in [1.54, 1.807) is 20.8 Å². The average Bonchev–Trinajstić information content (AvgIpc) is 2.33. The lowest BCUT2D eigenvalue weighted by Crippen LogP contribution is -2.41. The van der Waals surface area contributed by atoms with Crippen molar-refractivity contribution in [2.24, 2.45) is 0 Å². The smallest absolute Gasteiger partial charge is 0.407 e. The molecule has 0 aliphatic carbocycles. The molecule has 1 rings (SSSR count). The minimum absolute atomic E-state index is 0.186. The van der Waals surface area contributed by atoms with E-state index in [1.165, 1.54) is 18.2 Å². The Hall–Kier alpha value is -1.92. The number of alkyl carbamates (subject to hydrolysis) is 1. The summed E-state index contributed by atoms with van der Waals surface area (Å²) in [7, 11) is 0. The molecule has 4 nitrogen and oxygen atoms in total. The summed E-state index contributed by atoms with van der Waals surface area (Å²) in [6.07, 6.45) is -3.60. The van der Waals surface area contributed by atoms with Gasteiger partial charge in [0.15, 0.2) is 6.17 Å². The molecule has 118 valence electrons. The van der Waals surface area contributed by atoms with Crippen molar-refractivity contribution >= 4 is 11.8 Å². The lowest BCUT2D eigenvalue weighted by molar-refractivity contribution is -0.0721. The Morgan fingerprint density at radius 1 is 1.38 bits per heavy atom. The van der Waals surface area contributed by atoms with Gasteiger partial charge in [0.25, 0.3) is 5.92 Å². The molecular weight excluding hydrogens is 285 g/mol. The SMILES string of the molecule is CC(C)(C)OC(=O)NCC(F)(F)C(F)c1cccc(N)c1. The lowest BCUT2D eigenvalue weighted by Gasteiger charge is -2.24. The van der Waals surface area contributed by atoms with Crippen LogP contribution in [0.15, 0.2) is 24.3 Å². The summed E-state index contributed by atoms with van der Waals surface area (Å²) in [5.74, 6) is -3.77. The van der Waals surface area contributed by atoms with Crippen LogP contribution in [-0.2, 0) is 4.74 Å². The van der Waals surface area contributed by atoms with Crippen LogP contribution in [-0.4, -0.2) is 24.2 Å². The van der Waals surface area contributed by atoms with Crippen LogP contribution in [0.2, 0.25) is 0 Å². The second-order valence-electron chi connectivity index (χ2n) is 5.65. The third-order valence-electron chi connectivity index (χ3n) is 2.44. The molecule has 0 radical (unpaired) electrons. The molecule has 0 bridgehead atoms. The van der Waals surface area contributed by atoms with E-state index in [9.17, 15) is 18.0 Å². The van der Waals surface area contributed by atoms with Gasteiger partial charge in [-0.15, -0.1) is 0 Å². The number of halogens is 3. The van der Waals surface area contributed by atoms with E-state index in [0.717, 1.165) is 6.07 Å². The molecule has 0 saturated carbocycles. The van der Waals surface area contributed by atoms with E-state index in [0.29, 0.717) is 0 Å². The van der Waals surface area contributed by atoms with E-state index >= 15 is 0 Å². The van der Waals surface area contributed by atoms with Crippen LogP contribution in [0.3, 0.4) is 0 Å². The molecule has 1 aromatic rings. The third-order valence-corrected chi connectivity index (χ3v) is 2.44. The van der Waals surface area contributed by atoms with Gasteiger partial charge in [-0.1, -0.05) is 12.1 Å². The van der Waals surface area contributed by atoms with Crippen LogP contribution >= 0.6 is 0 Å². The zero-order valence-corrected chi connectivity index (χ0v) is 12.1. The standard InChI is InChI=1S/C14H19F3N2O2/c1-13(2,3)21-12(20)19-8-14(16,17)11(15)9-5-4-6-10(18)7-9/h4-7,11H,8,18H2,1-3H3,(H,19,20). The highest BCUT2D eigenvalue weighted by Gasteiger charge is 2.41. The maximum atomic E-state index is 13.9. The Morgan fingerprint density at radius 3 is 2.52 bits per heavy atom. The summed E-state index contributed by atoms with van der Waals surface area (Å²) < 4.78 is 46.2. The molecule has 0 spiro atoms. The van der Waals surface area contributed by atoms with Crippen molar-refractivity contribution in [3.05, 3.63) is 29.8 Å². The molecule has 0 aromatic heterocycles. The van der Waals surface area contributed by atoms with Crippen LogP contribution in [0.1, 0.15) is 32.5 Å². The van der Waals surface area contributed by atoms with E-state index in [-0.39, 0.29) is 11.3 Å². The van der Waals surface area contributed by atoms with Gasteiger partial charge in [-0.3, -0.25) is 0 Å². The van der Waals surface area contributed by atoms with Gasteiger partial charge in [0.2, 0.25) is 0 Å². The molecule has 1 unspecified atom stereocenters. The van der Waals surface area contributed by atoms with E-state index in [4.69, 9.17) is 10.5 Å². The number of nitrogen functional groups attached to an aromatic ring is 1. The fraction of sp³-hybridized carbons (Fsp3) is 0.500. The number of carbonyl (C=O) groups is 1. The topological polar surface area (TPSA) is 64.3 Å².